The number of carbonyl (C=O) groups is 1. The molecule has 3 atom stereocenters. The van der Waals surface area contributed by atoms with Crippen LogP contribution in [0.15, 0.2) is 18.2 Å². The van der Waals surface area contributed by atoms with E-state index < -0.39 is 28.4 Å². The fourth-order valence-corrected chi connectivity index (χ4v) is 4.47. The zero-order valence-corrected chi connectivity index (χ0v) is 16.7. The molecule has 0 unspecified atom stereocenters. The van der Waals surface area contributed by atoms with Crippen LogP contribution in [-0.4, -0.2) is 60.1 Å². The Hall–Kier alpha value is -1.74. The van der Waals surface area contributed by atoms with E-state index in [1.54, 1.807) is 0 Å². The van der Waals surface area contributed by atoms with Crippen LogP contribution in [0.2, 0.25) is 0 Å². The minimum absolute atomic E-state index is 0.250. The van der Waals surface area contributed by atoms with Crippen molar-refractivity contribution in [3.05, 3.63) is 34.9 Å². The highest BCUT2D eigenvalue weighted by atomic mass is 32.2. The van der Waals surface area contributed by atoms with Crippen molar-refractivity contribution in [3.63, 3.8) is 0 Å². The number of likely N-dealkylation sites (tertiary alicyclic amines) is 1. The van der Waals surface area contributed by atoms with E-state index in [1.165, 1.54) is 30.4 Å². The number of benzene rings is 1. The van der Waals surface area contributed by atoms with Gasteiger partial charge in [0, 0.05) is 6.54 Å². The number of carbonyl (C=O) groups excluding carboxylic acids is 1. The van der Waals surface area contributed by atoms with E-state index in [2.05, 4.69) is 22.3 Å². The molecule has 7 nitrogen and oxygen atoms in total. The van der Waals surface area contributed by atoms with Gasteiger partial charge < -0.3 is 15.5 Å². The van der Waals surface area contributed by atoms with E-state index in [1.807, 2.05) is 6.07 Å². The molecule has 1 saturated heterocycles. The van der Waals surface area contributed by atoms with Crippen LogP contribution in [0.4, 0.5) is 0 Å². The van der Waals surface area contributed by atoms with Gasteiger partial charge in [-0.3, -0.25) is 9.69 Å². The van der Waals surface area contributed by atoms with Crippen molar-refractivity contribution in [2.45, 2.75) is 63.3 Å². The molecule has 1 aliphatic carbocycles. The number of amides is 1. The molecule has 0 radical (unpaired) electrons. The lowest BCUT2D eigenvalue weighted by Gasteiger charge is -2.30. The summed E-state index contributed by atoms with van der Waals surface area (Å²) in [6.07, 6.45) is 2.85. The zero-order valence-electron chi connectivity index (χ0n) is 15.9. The highest BCUT2D eigenvalue weighted by Gasteiger charge is 2.28. The molecule has 1 amide bonds. The second-order valence-corrected chi connectivity index (χ2v) is 8.45. The van der Waals surface area contributed by atoms with Gasteiger partial charge in [0.15, 0.2) is 6.10 Å². The summed E-state index contributed by atoms with van der Waals surface area (Å²) in [6, 6.07) is 6.10. The molecule has 0 aromatic heterocycles. The van der Waals surface area contributed by atoms with Gasteiger partial charge in [0.1, 0.15) is 6.10 Å². The lowest BCUT2D eigenvalue weighted by molar-refractivity contribution is -0.133. The van der Waals surface area contributed by atoms with Crippen LogP contribution in [0.3, 0.4) is 0 Å². The third kappa shape index (κ3) is 5.41. The van der Waals surface area contributed by atoms with Crippen LogP contribution < -0.4 is 5.32 Å². The molecule has 1 fully saturated rings. The molecular formula is C20H28N2O5S. The third-order valence-electron chi connectivity index (χ3n) is 5.54. The van der Waals surface area contributed by atoms with Gasteiger partial charge in [0.25, 0.3) is 5.91 Å². The average Bonchev–Trinajstić information content (AvgIpc) is 2.67. The second kappa shape index (κ2) is 9.65. The minimum atomic E-state index is -2.65. The fraction of sp³-hybridized carbons (Fsp3) is 0.600. The number of aliphatic hydroxyl groups excluding tert-OH is 2. The lowest BCUT2D eigenvalue weighted by Crippen LogP contribution is -2.44. The van der Waals surface area contributed by atoms with Crippen LogP contribution in [0.5, 0.6) is 0 Å². The first-order valence-corrected chi connectivity index (χ1v) is 11.0. The number of piperidine rings is 1. The van der Waals surface area contributed by atoms with E-state index in [9.17, 15) is 23.4 Å². The van der Waals surface area contributed by atoms with E-state index in [0.717, 1.165) is 44.5 Å². The molecule has 28 heavy (non-hydrogen) atoms. The minimum Gasteiger partial charge on any atom is -0.385 e. The molecule has 3 rings (SSSR count). The Labute approximate surface area is 166 Å². The van der Waals surface area contributed by atoms with Gasteiger partial charge in [-0.2, -0.15) is 8.42 Å². The van der Waals surface area contributed by atoms with Crippen molar-refractivity contribution >= 4 is 21.6 Å². The van der Waals surface area contributed by atoms with Crippen LogP contribution in [0.25, 0.3) is 0 Å². The highest BCUT2D eigenvalue weighted by molar-refractivity contribution is 7.71. The SMILES string of the molecule is O=C(N[C@@H]1CCCc2cc(CN3CCCCC3)ccc21)[C@H](O)[C@@H](O)C=S(=O)=O. The first kappa shape index (κ1) is 21.0. The van der Waals surface area contributed by atoms with Crippen molar-refractivity contribution in [3.8, 4) is 0 Å². The molecule has 2 aliphatic rings. The highest BCUT2D eigenvalue weighted by Crippen LogP contribution is 2.31. The molecule has 0 bridgehead atoms. The van der Waals surface area contributed by atoms with Gasteiger partial charge in [0.2, 0.25) is 10.3 Å². The summed E-state index contributed by atoms with van der Waals surface area (Å²) in [4.78, 5) is 14.7. The maximum atomic E-state index is 12.2. The van der Waals surface area contributed by atoms with Crippen LogP contribution >= 0.6 is 0 Å². The monoisotopic (exact) mass is 408 g/mol. The topological polar surface area (TPSA) is 107 Å². The summed E-state index contributed by atoms with van der Waals surface area (Å²) < 4.78 is 21.2. The molecule has 1 aromatic carbocycles. The van der Waals surface area contributed by atoms with E-state index in [4.69, 9.17) is 0 Å². The van der Waals surface area contributed by atoms with E-state index >= 15 is 0 Å². The maximum absolute atomic E-state index is 12.2. The van der Waals surface area contributed by atoms with Crippen molar-refractivity contribution < 1.29 is 23.4 Å². The lowest BCUT2D eigenvalue weighted by atomic mass is 9.86. The molecule has 0 spiro atoms. The molecule has 1 aromatic rings. The molecule has 1 aliphatic heterocycles. The number of hydrogen-bond acceptors (Lipinski definition) is 6. The predicted octanol–water partition coefficient (Wildman–Crippen LogP) is 0.569. The van der Waals surface area contributed by atoms with Gasteiger partial charge in [-0.05, 0) is 61.9 Å². The number of nitrogens with zero attached hydrogens (tertiary/aromatic N) is 1. The zero-order chi connectivity index (χ0) is 20.1. The van der Waals surface area contributed by atoms with Gasteiger partial charge in [-0.15, -0.1) is 0 Å². The molecule has 0 saturated carbocycles. The van der Waals surface area contributed by atoms with Gasteiger partial charge >= 0.3 is 0 Å². The Morgan fingerprint density at radius 1 is 1.21 bits per heavy atom. The summed E-state index contributed by atoms with van der Waals surface area (Å²) in [5.74, 6) is -0.774. The Bertz CT molecular complexity index is 825. The number of nitrogens with one attached hydrogen (secondary N) is 1. The average molecular weight is 409 g/mol. The summed E-state index contributed by atoms with van der Waals surface area (Å²) in [5, 5.41) is 22.7. The van der Waals surface area contributed by atoms with Gasteiger partial charge in [0.05, 0.1) is 11.4 Å². The number of aryl methyl sites for hydroxylation is 1. The van der Waals surface area contributed by atoms with Crippen LogP contribution in [0.1, 0.15) is 54.8 Å². The number of hydrogen-bond donors (Lipinski definition) is 3. The molecule has 1 heterocycles. The fourth-order valence-electron chi connectivity index (χ4n) is 4.09. The first-order chi connectivity index (χ1) is 13.4. The Morgan fingerprint density at radius 3 is 2.68 bits per heavy atom. The number of aliphatic hydroxyl groups is 2. The molecule has 154 valence electrons. The predicted molar refractivity (Wildman–Crippen MR) is 106 cm³/mol. The largest absolute Gasteiger partial charge is 0.385 e. The van der Waals surface area contributed by atoms with Crippen molar-refractivity contribution in [2.75, 3.05) is 13.1 Å². The van der Waals surface area contributed by atoms with Crippen molar-refractivity contribution in [1.29, 1.82) is 0 Å². The maximum Gasteiger partial charge on any atom is 0.252 e. The van der Waals surface area contributed by atoms with Crippen molar-refractivity contribution in [2.24, 2.45) is 0 Å². The van der Waals surface area contributed by atoms with E-state index in [-0.39, 0.29) is 6.04 Å². The first-order valence-electron chi connectivity index (χ1n) is 9.87. The standard InChI is InChI=1S/C20H28N2O5S/c23-18(13-28(26)27)19(24)20(25)21-17-6-4-5-15-11-14(7-8-16(15)17)12-22-9-2-1-3-10-22/h7-8,11,13,17-19,23-24H,1-6,9-10,12H2,(H,21,25)/t17-,18+,19-/m1/s1. The summed E-state index contributed by atoms with van der Waals surface area (Å²) in [5.41, 5.74) is 3.50. The molecule has 3 N–H and O–H groups in total. The normalized spacial score (nSPS) is 22.0. The Balaban J connectivity index is 1.67. The smallest absolute Gasteiger partial charge is 0.252 e. The number of rotatable bonds is 6. The second-order valence-electron chi connectivity index (χ2n) is 7.66. The van der Waals surface area contributed by atoms with Crippen LogP contribution in [-0.2, 0) is 28.1 Å². The Morgan fingerprint density at radius 2 is 1.96 bits per heavy atom. The van der Waals surface area contributed by atoms with Crippen molar-refractivity contribution in [1.82, 2.24) is 10.2 Å². The molecular weight excluding hydrogens is 380 g/mol. The van der Waals surface area contributed by atoms with E-state index in [0.29, 0.717) is 5.37 Å². The quantitative estimate of drug-likeness (QED) is 0.594. The summed E-state index contributed by atoms with van der Waals surface area (Å²) in [7, 11) is -2.65. The summed E-state index contributed by atoms with van der Waals surface area (Å²) in [6.45, 7) is 3.22. The third-order valence-corrected chi connectivity index (χ3v) is 6.04. The molecule has 8 heteroatoms. The Kier molecular flexibility index (Phi) is 7.23. The van der Waals surface area contributed by atoms with Crippen LogP contribution in [0, 0.1) is 0 Å². The van der Waals surface area contributed by atoms with Gasteiger partial charge in [-0.25, -0.2) is 0 Å². The number of fused-ring (bicyclic) bond motifs is 1. The summed E-state index contributed by atoms with van der Waals surface area (Å²) >= 11 is 0. The van der Waals surface area contributed by atoms with Gasteiger partial charge in [-0.1, -0.05) is 24.6 Å².